The number of carboxylic acid groups (broad SMARTS) is 1. The molecule has 1 aromatic rings. The first-order valence-electron chi connectivity index (χ1n) is 7.88. The van der Waals surface area contributed by atoms with E-state index in [4.69, 9.17) is 11.6 Å². The molecule has 0 aromatic heterocycles. The molecule has 3 rings (SSSR count). The van der Waals surface area contributed by atoms with Crippen LogP contribution in [0.2, 0.25) is 5.02 Å². The molecule has 0 amide bonds. The molecule has 2 fully saturated rings. The number of rotatable bonds is 4. The van der Waals surface area contributed by atoms with Crippen molar-refractivity contribution in [2.75, 3.05) is 6.54 Å². The van der Waals surface area contributed by atoms with Crippen molar-refractivity contribution in [1.29, 1.82) is 0 Å². The van der Waals surface area contributed by atoms with Crippen molar-refractivity contribution in [3.63, 3.8) is 0 Å². The first kappa shape index (κ1) is 14.9. The fraction of sp³-hybridized carbons (Fsp3) is 0.588. The van der Waals surface area contributed by atoms with Crippen molar-refractivity contribution >= 4 is 17.6 Å². The molecule has 1 aromatic carbocycles. The summed E-state index contributed by atoms with van der Waals surface area (Å²) < 4.78 is 0. The van der Waals surface area contributed by atoms with Crippen LogP contribution in [-0.2, 0) is 11.2 Å². The third-order valence-corrected chi connectivity index (χ3v) is 5.33. The summed E-state index contributed by atoms with van der Waals surface area (Å²) in [6.07, 6.45) is 6.59. The Morgan fingerprint density at radius 1 is 1.24 bits per heavy atom. The molecule has 1 saturated heterocycles. The molecule has 4 heteroatoms. The molecule has 0 radical (unpaired) electrons. The second-order valence-electron chi connectivity index (χ2n) is 6.32. The molecular weight excluding hydrogens is 286 g/mol. The van der Waals surface area contributed by atoms with Gasteiger partial charge in [0.05, 0.1) is 0 Å². The van der Waals surface area contributed by atoms with Gasteiger partial charge in [-0.05, 0) is 49.3 Å². The lowest BCUT2D eigenvalue weighted by Gasteiger charge is -2.33. The van der Waals surface area contributed by atoms with Crippen LogP contribution in [0.3, 0.4) is 0 Å². The summed E-state index contributed by atoms with van der Waals surface area (Å²) >= 11 is 5.91. The second kappa shape index (κ2) is 6.37. The molecule has 21 heavy (non-hydrogen) atoms. The summed E-state index contributed by atoms with van der Waals surface area (Å²) in [6.45, 7) is 0.833. The third kappa shape index (κ3) is 3.24. The van der Waals surface area contributed by atoms with Crippen LogP contribution in [0, 0.1) is 5.92 Å². The van der Waals surface area contributed by atoms with E-state index in [1.807, 2.05) is 24.3 Å². The van der Waals surface area contributed by atoms with Crippen LogP contribution in [0.1, 0.15) is 37.7 Å². The van der Waals surface area contributed by atoms with Gasteiger partial charge in [0.15, 0.2) is 0 Å². The van der Waals surface area contributed by atoms with Crippen LogP contribution >= 0.6 is 11.6 Å². The smallest absolute Gasteiger partial charge is 0.320 e. The maximum atomic E-state index is 11.6. The zero-order valence-electron chi connectivity index (χ0n) is 12.2. The Hall–Kier alpha value is -1.06. The highest BCUT2D eigenvalue weighted by Gasteiger charge is 2.44. The standard InChI is InChI=1S/C17H22ClNO2/c18-14-7-5-12(6-8-14)9-10-19-15-4-2-1-3-13(15)11-16(19)17(20)21/h5-8,13,15-16H,1-4,9-11H2,(H,20,21). The van der Waals surface area contributed by atoms with E-state index < -0.39 is 5.97 Å². The van der Waals surface area contributed by atoms with Gasteiger partial charge in [0.1, 0.15) is 6.04 Å². The fourth-order valence-corrected chi connectivity index (χ4v) is 4.15. The largest absolute Gasteiger partial charge is 0.480 e. The summed E-state index contributed by atoms with van der Waals surface area (Å²) in [6, 6.07) is 8.06. The quantitative estimate of drug-likeness (QED) is 0.924. The maximum absolute atomic E-state index is 11.6. The number of benzene rings is 1. The van der Waals surface area contributed by atoms with Gasteiger partial charge in [0.25, 0.3) is 0 Å². The van der Waals surface area contributed by atoms with E-state index >= 15 is 0 Å². The highest BCUT2D eigenvalue weighted by atomic mass is 35.5. The molecule has 114 valence electrons. The number of carbonyl (C=O) groups is 1. The molecule has 0 bridgehead atoms. The summed E-state index contributed by atoms with van der Waals surface area (Å²) in [5.41, 5.74) is 1.22. The molecule has 1 aliphatic carbocycles. The van der Waals surface area contributed by atoms with E-state index in [9.17, 15) is 9.90 Å². The van der Waals surface area contributed by atoms with E-state index in [1.54, 1.807) is 0 Å². The topological polar surface area (TPSA) is 40.5 Å². The second-order valence-corrected chi connectivity index (χ2v) is 6.75. The van der Waals surface area contributed by atoms with Crippen LogP contribution in [0.15, 0.2) is 24.3 Å². The van der Waals surface area contributed by atoms with Crippen LogP contribution in [0.5, 0.6) is 0 Å². The monoisotopic (exact) mass is 307 g/mol. The lowest BCUT2D eigenvalue weighted by Crippen LogP contribution is -2.43. The van der Waals surface area contributed by atoms with E-state index in [0.29, 0.717) is 12.0 Å². The Morgan fingerprint density at radius 2 is 1.95 bits per heavy atom. The van der Waals surface area contributed by atoms with Crippen molar-refractivity contribution < 1.29 is 9.90 Å². The molecule has 1 saturated carbocycles. The minimum atomic E-state index is -0.652. The number of hydrogen-bond donors (Lipinski definition) is 1. The van der Waals surface area contributed by atoms with Crippen LogP contribution in [0.25, 0.3) is 0 Å². The molecule has 3 nitrogen and oxygen atoms in total. The fourth-order valence-electron chi connectivity index (χ4n) is 4.03. The minimum absolute atomic E-state index is 0.287. The predicted octanol–water partition coefficient (Wildman–Crippen LogP) is 3.60. The molecule has 0 spiro atoms. The number of hydrogen-bond acceptors (Lipinski definition) is 2. The average molecular weight is 308 g/mol. The van der Waals surface area contributed by atoms with Crippen molar-refractivity contribution in [1.82, 2.24) is 4.90 Å². The molecule has 3 atom stereocenters. The molecule has 1 heterocycles. The number of fused-ring (bicyclic) bond motifs is 1. The highest BCUT2D eigenvalue weighted by molar-refractivity contribution is 6.30. The zero-order valence-corrected chi connectivity index (χ0v) is 12.9. The van der Waals surface area contributed by atoms with Crippen molar-refractivity contribution in [3.8, 4) is 0 Å². The van der Waals surface area contributed by atoms with Gasteiger partial charge in [-0.25, -0.2) is 0 Å². The van der Waals surface area contributed by atoms with Gasteiger partial charge in [-0.1, -0.05) is 36.6 Å². The first-order valence-corrected chi connectivity index (χ1v) is 8.26. The van der Waals surface area contributed by atoms with Gasteiger partial charge >= 0.3 is 5.97 Å². The highest BCUT2D eigenvalue weighted by Crippen LogP contribution is 2.39. The first-order chi connectivity index (χ1) is 10.1. The van der Waals surface area contributed by atoms with Crippen LogP contribution in [-0.4, -0.2) is 34.6 Å². The van der Waals surface area contributed by atoms with Gasteiger partial charge in [0, 0.05) is 17.6 Å². The van der Waals surface area contributed by atoms with E-state index in [0.717, 1.165) is 30.8 Å². The van der Waals surface area contributed by atoms with Crippen LogP contribution < -0.4 is 0 Å². The zero-order chi connectivity index (χ0) is 14.8. The summed E-state index contributed by atoms with van der Waals surface area (Å²) in [5, 5.41) is 10.3. The molecule has 1 N–H and O–H groups in total. The Bertz CT molecular complexity index is 502. The number of carboxylic acids is 1. The SMILES string of the molecule is O=C(O)C1CC2CCCCC2N1CCc1ccc(Cl)cc1. The van der Waals surface area contributed by atoms with Crippen molar-refractivity contribution in [2.45, 2.75) is 50.6 Å². The Labute approximate surface area is 130 Å². The number of likely N-dealkylation sites (tertiary alicyclic amines) is 1. The van der Waals surface area contributed by atoms with E-state index in [-0.39, 0.29) is 6.04 Å². The Balaban J connectivity index is 1.68. The number of aliphatic carboxylic acids is 1. The van der Waals surface area contributed by atoms with Gasteiger partial charge < -0.3 is 5.11 Å². The molecular formula is C17H22ClNO2. The third-order valence-electron chi connectivity index (χ3n) is 5.08. The molecule has 1 aliphatic heterocycles. The lowest BCUT2D eigenvalue weighted by atomic mass is 9.84. The maximum Gasteiger partial charge on any atom is 0.320 e. The van der Waals surface area contributed by atoms with E-state index in [1.165, 1.54) is 24.8 Å². The normalized spacial score (nSPS) is 29.3. The van der Waals surface area contributed by atoms with E-state index in [2.05, 4.69) is 4.90 Å². The minimum Gasteiger partial charge on any atom is -0.480 e. The average Bonchev–Trinajstić information content (AvgIpc) is 2.86. The van der Waals surface area contributed by atoms with Gasteiger partial charge in [-0.3, -0.25) is 9.69 Å². The van der Waals surface area contributed by atoms with Crippen molar-refractivity contribution in [2.24, 2.45) is 5.92 Å². The number of halogens is 1. The lowest BCUT2D eigenvalue weighted by molar-refractivity contribution is -0.142. The predicted molar refractivity (Wildman–Crippen MR) is 83.6 cm³/mol. The molecule has 3 unspecified atom stereocenters. The van der Waals surface area contributed by atoms with Crippen LogP contribution in [0.4, 0.5) is 0 Å². The number of nitrogens with zero attached hydrogens (tertiary/aromatic N) is 1. The van der Waals surface area contributed by atoms with Gasteiger partial charge in [-0.15, -0.1) is 0 Å². The summed E-state index contributed by atoms with van der Waals surface area (Å²) in [5.74, 6) is -0.0643. The Morgan fingerprint density at radius 3 is 2.67 bits per heavy atom. The van der Waals surface area contributed by atoms with Crippen molar-refractivity contribution in [3.05, 3.63) is 34.9 Å². The summed E-state index contributed by atoms with van der Waals surface area (Å²) in [4.78, 5) is 13.8. The Kier molecular flexibility index (Phi) is 4.51. The summed E-state index contributed by atoms with van der Waals surface area (Å²) in [7, 11) is 0. The van der Waals surface area contributed by atoms with Gasteiger partial charge in [0.2, 0.25) is 0 Å². The van der Waals surface area contributed by atoms with Gasteiger partial charge in [-0.2, -0.15) is 0 Å². The molecule has 2 aliphatic rings.